The van der Waals surface area contributed by atoms with E-state index in [-0.39, 0.29) is 17.8 Å². The molecule has 0 saturated carbocycles. The second-order valence-corrected chi connectivity index (χ2v) is 5.51. The van der Waals surface area contributed by atoms with E-state index in [0.717, 1.165) is 19.3 Å². The molecule has 0 spiro atoms. The smallest absolute Gasteiger partial charge is 0.244 e. The van der Waals surface area contributed by atoms with Crippen molar-refractivity contribution in [3.63, 3.8) is 0 Å². The molecule has 0 aromatic heterocycles. The number of carbonyl (C=O) groups excluding carboxylic acids is 1. The van der Waals surface area contributed by atoms with Crippen molar-refractivity contribution >= 4 is 12.0 Å². The molecule has 1 aliphatic rings. The first-order valence-corrected chi connectivity index (χ1v) is 7.55. The zero-order valence-electron chi connectivity index (χ0n) is 12.3. The Morgan fingerprint density at radius 1 is 1.14 bits per heavy atom. The molecule has 0 aliphatic heterocycles. The molecule has 2 nitrogen and oxygen atoms in total. The molecule has 2 aromatic carbocycles. The highest BCUT2D eigenvalue weighted by molar-refractivity contribution is 5.92. The van der Waals surface area contributed by atoms with E-state index in [1.54, 1.807) is 18.2 Å². The lowest BCUT2D eigenvalue weighted by Gasteiger charge is -2.25. The van der Waals surface area contributed by atoms with Crippen LogP contribution in [0.2, 0.25) is 0 Å². The van der Waals surface area contributed by atoms with E-state index in [1.165, 1.54) is 29.3 Å². The largest absolute Gasteiger partial charge is 0.346 e. The molecule has 0 bridgehead atoms. The van der Waals surface area contributed by atoms with Crippen LogP contribution in [-0.2, 0) is 11.2 Å². The van der Waals surface area contributed by atoms with Gasteiger partial charge in [0.05, 0.1) is 6.04 Å². The van der Waals surface area contributed by atoms with Gasteiger partial charge in [0.25, 0.3) is 0 Å². The summed E-state index contributed by atoms with van der Waals surface area (Å²) in [5.74, 6) is -0.514. The van der Waals surface area contributed by atoms with Crippen LogP contribution in [0.4, 0.5) is 4.39 Å². The van der Waals surface area contributed by atoms with Gasteiger partial charge in [0, 0.05) is 11.6 Å². The SMILES string of the molecule is O=C(/C=C/c1ccccc1F)NC1CCCc2ccccc21. The van der Waals surface area contributed by atoms with Crippen molar-refractivity contribution in [2.45, 2.75) is 25.3 Å². The van der Waals surface area contributed by atoms with E-state index in [9.17, 15) is 9.18 Å². The van der Waals surface area contributed by atoms with E-state index in [2.05, 4.69) is 17.4 Å². The average Bonchev–Trinajstić information content (AvgIpc) is 2.54. The Kier molecular flexibility index (Phi) is 4.33. The number of benzene rings is 2. The summed E-state index contributed by atoms with van der Waals surface area (Å²) < 4.78 is 13.5. The van der Waals surface area contributed by atoms with Crippen molar-refractivity contribution in [2.24, 2.45) is 0 Å². The van der Waals surface area contributed by atoms with Gasteiger partial charge in [-0.2, -0.15) is 0 Å². The van der Waals surface area contributed by atoms with Crippen molar-refractivity contribution in [3.05, 3.63) is 77.1 Å². The third kappa shape index (κ3) is 3.25. The topological polar surface area (TPSA) is 29.1 Å². The Morgan fingerprint density at radius 2 is 1.91 bits per heavy atom. The molecule has 1 N–H and O–H groups in total. The molecule has 0 saturated heterocycles. The number of rotatable bonds is 3. The molecule has 0 heterocycles. The third-order valence-electron chi connectivity index (χ3n) is 4.01. The number of amides is 1. The van der Waals surface area contributed by atoms with E-state index < -0.39 is 0 Å². The van der Waals surface area contributed by atoms with Gasteiger partial charge >= 0.3 is 0 Å². The first-order valence-electron chi connectivity index (χ1n) is 7.55. The first kappa shape index (κ1) is 14.5. The molecular formula is C19H18FNO. The fourth-order valence-electron chi connectivity index (χ4n) is 2.90. The molecule has 22 heavy (non-hydrogen) atoms. The van der Waals surface area contributed by atoms with Gasteiger partial charge in [0.2, 0.25) is 5.91 Å². The molecule has 0 fully saturated rings. The number of aryl methyl sites for hydroxylation is 1. The summed E-state index contributed by atoms with van der Waals surface area (Å²) in [4.78, 5) is 12.1. The van der Waals surface area contributed by atoms with Gasteiger partial charge < -0.3 is 5.32 Å². The van der Waals surface area contributed by atoms with Gasteiger partial charge in [-0.05, 0) is 42.5 Å². The molecule has 3 rings (SSSR count). The molecule has 3 heteroatoms. The summed E-state index contributed by atoms with van der Waals surface area (Å²) in [6.07, 6.45) is 5.98. The molecule has 1 aliphatic carbocycles. The Balaban J connectivity index is 1.69. The lowest BCUT2D eigenvalue weighted by atomic mass is 9.88. The lowest BCUT2D eigenvalue weighted by Crippen LogP contribution is -2.29. The van der Waals surface area contributed by atoms with Crippen LogP contribution in [-0.4, -0.2) is 5.91 Å². The van der Waals surface area contributed by atoms with Crippen molar-refractivity contribution in [2.75, 3.05) is 0 Å². The maximum Gasteiger partial charge on any atom is 0.244 e. The van der Waals surface area contributed by atoms with Gasteiger partial charge in [-0.3, -0.25) is 4.79 Å². The molecule has 1 amide bonds. The van der Waals surface area contributed by atoms with Crippen LogP contribution in [0.5, 0.6) is 0 Å². The van der Waals surface area contributed by atoms with E-state index in [0.29, 0.717) is 5.56 Å². The van der Waals surface area contributed by atoms with Crippen molar-refractivity contribution in [1.29, 1.82) is 0 Å². The number of hydrogen-bond donors (Lipinski definition) is 1. The van der Waals surface area contributed by atoms with Gasteiger partial charge in [-0.1, -0.05) is 42.5 Å². The van der Waals surface area contributed by atoms with Gasteiger partial charge in [0.15, 0.2) is 0 Å². The minimum Gasteiger partial charge on any atom is -0.346 e. The van der Waals surface area contributed by atoms with Crippen molar-refractivity contribution in [1.82, 2.24) is 5.32 Å². The van der Waals surface area contributed by atoms with Crippen LogP contribution in [0, 0.1) is 5.82 Å². The number of fused-ring (bicyclic) bond motifs is 1. The number of carbonyl (C=O) groups is 1. The van der Waals surface area contributed by atoms with Crippen molar-refractivity contribution < 1.29 is 9.18 Å². The lowest BCUT2D eigenvalue weighted by molar-refractivity contribution is -0.117. The Labute approximate surface area is 129 Å². The van der Waals surface area contributed by atoms with Crippen molar-refractivity contribution in [3.8, 4) is 0 Å². The van der Waals surface area contributed by atoms with Crippen LogP contribution >= 0.6 is 0 Å². The highest BCUT2D eigenvalue weighted by Crippen LogP contribution is 2.29. The Hall–Kier alpha value is -2.42. The minimum atomic E-state index is -0.324. The highest BCUT2D eigenvalue weighted by atomic mass is 19.1. The maximum absolute atomic E-state index is 13.5. The average molecular weight is 295 g/mol. The van der Waals surface area contributed by atoms with Gasteiger partial charge in [-0.25, -0.2) is 4.39 Å². The van der Waals surface area contributed by atoms with Crippen LogP contribution in [0.3, 0.4) is 0 Å². The maximum atomic E-state index is 13.5. The summed E-state index contributed by atoms with van der Waals surface area (Å²) in [5.41, 5.74) is 2.92. The fraction of sp³-hybridized carbons (Fsp3) is 0.211. The minimum absolute atomic E-state index is 0.0442. The Bertz CT molecular complexity index is 708. The highest BCUT2D eigenvalue weighted by Gasteiger charge is 2.20. The monoisotopic (exact) mass is 295 g/mol. The summed E-state index contributed by atoms with van der Waals surface area (Å²) in [7, 11) is 0. The molecule has 2 aromatic rings. The quantitative estimate of drug-likeness (QED) is 0.851. The van der Waals surface area contributed by atoms with Gasteiger partial charge in [-0.15, -0.1) is 0 Å². The number of nitrogens with one attached hydrogen (secondary N) is 1. The molecule has 1 unspecified atom stereocenters. The van der Waals surface area contributed by atoms with Gasteiger partial charge in [0.1, 0.15) is 5.82 Å². The molecular weight excluding hydrogens is 277 g/mol. The standard InChI is InChI=1S/C19H18FNO/c20-17-10-4-2-7-15(17)12-13-19(22)21-18-11-5-8-14-6-1-3-9-16(14)18/h1-4,6-7,9-10,12-13,18H,5,8,11H2,(H,21,22)/b13-12+. The third-order valence-corrected chi connectivity index (χ3v) is 4.01. The molecule has 112 valence electrons. The zero-order chi connectivity index (χ0) is 15.4. The molecule has 0 radical (unpaired) electrons. The second-order valence-electron chi connectivity index (χ2n) is 5.51. The Morgan fingerprint density at radius 3 is 2.77 bits per heavy atom. The number of hydrogen-bond acceptors (Lipinski definition) is 1. The van der Waals surface area contributed by atoms with Crippen LogP contribution < -0.4 is 5.32 Å². The normalized spacial score (nSPS) is 17.2. The van der Waals surface area contributed by atoms with E-state index in [1.807, 2.05) is 12.1 Å². The van der Waals surface area contributed by atoms with E-state index >= 15 is 0 Å². The second kappa shape index (κ2) is 6.56. The van der Waals surface area contributed by atoms with Crippen LogP contribution in [0.15, 0.2) is 54.6 Å². The van der Waals surface area contributed by atoms with Crippen LogP contribution in [0.25, 0.3) is 6.08 Å². The zero-order valence-corrected chi connectivity index (χ0v) is 12.3. The summed E-state index contributed by atoms with van der Waals surface area (Å²) in [6, 6.07) is 14.7. The molecule has 1 atom stereocenters. The predicted octanol–water partition coefficient (Wildman–Crippen LogP) is 4.03. The fourth-order valence-corrected chi connectivity index (χ4v) is 2.90. The first-order chi connectivity index (χ1) is 10.7. The predicted molar refractivity (Wildman–Crippen MR) is 85.7 cm³/mol. The summed E-state index contributed by atoms with van der Waals surface area (Å²) in [5, 5.41) is 3.02. The summed E-state index contributed by atoms with van der Waals surface area (Å²) in [6.45, 7) is 0. The van der Waals surface area contributed by atoms with Crippen LogP contribution in [0.1, 0.15) is 35.6 Å². The summed E-state index contributed by atoms with van der Waals surface area (Å²) >= 11 is 0. The number of halogens is 1. The van der Waals surface area contributed by atoms with E-state index in [4.69, 9.17) is 0 Å².